The summed E-state index contributed by atoms with van der Waals surface area (Å²) in [6.45, 7) is 3.84. The molecule has 0 aliphatic heterocycles. The van der Waals surface area contributed by atoms with Crippen molar-refractivity contribution in [2.24, 2.45) is 0 Å². The average Bonchev–Trinajstić information content (AvgIpc) is 2.26. The smallest absolute Gasteiger partial charge is 0.161 e. The summed E-state index contributed by atoms with van der Waals surface area (Å²) in [6.07, 6.45) is 0.507. The van der Waals surface area contributed by atoms with E-state index in [1.54, 1.807) is 0 Å². The topological polar surface area (TPSA) is 68.3 Å². The van der Waals surface area contributed by atoms with Gasteiger partial charge in [-0.1, -0.05) is 6.07 Å². The molecule has 4 nitrogen and oxygen atoms in total. The number of aldehydes is 1. The molecule has 17 heavy (non-hydrogen) atoms. The molecule has 0 fully saturated rings. The second-order valence-corrected chi connectivity index (χ2v) is 3.74. The summed E-state index contributed by atoms with van der Waals surface area (Å²) in [7, 11) is 0. The van der Waals surface area contributed by atoms with E-state index in [1.807, 2.05) is 0 Å². The van der Waals surface area contributed by atoms with Crippen LogP contribution < -0.4 is 0 Å². The Bertz CT molecular complexity index is 526. The van der Waals surface area contributed by atoms with E-state index < -0.39 is 11.6 Å². The van der Waals surface area contributed by atoms with Crippen LogP contribution in [0.1, 0.15) is 62.2 Å². The van der Waals surface area contributed by atoms with Gasteiger partial charge >= 0.3 is 0 Å². The maximum Gasteiger partial charge on any atom is 0.161 e. The molecule has 0 N–H and O–H groups in total. The molecule has 0 heterocycles. The molecule has 1 aromatic carbocycles. The van der Waals surface area contributed by atoms with Gasteiger partial charge in [0.25, 0.3) is 0 Å². The van der Waals surface area contributed by atoms with E-state index in [2.05, 4.69) is 0 Å². The molecular formula is C13H12O4. The molecule has 0 amide bonds. The van der Waals surface area contributed by atoms with Gasteiger partial charge in [-0.3, -0.25) is 19.2 Å². The molecule has 0 unspecified atom stereocenters. The van der Waals surface area contributed by atoms with Crippen molar-refractivity contribution in [2.75, 3.05) is 0 Å². The molecule has 0 atom stereocenters. The Balaban J connectivity index is 3.77. The number of rotatable bonds is 4. The van der Waals surface area contributed by atoms with Gasteiger partial charge in [0.15, 0.2) is 23.6 Å². The van der Waals surface area contributed by atoms with Gasteiger partial charge in [0, 0.05) is 22.3 Å². The highest BCUT2D eigenvalue weighted by Gasteiger charge is 2.21. The second-order valence-electron chi connectivity index (χ2n) is 3.74. The fourth-order valence-electron chi connectivity index (χ4n) is 1.76. The Kier molecular flexibility index (Phi) is 3.68. The maximum atomic E-state index is 11.5. The Morgan fingerprint density at radius 3 is 1.76 bits per heavy atom. The van der Waals surface area contributed by atoms with Gasteiger partial charge in [0.05, 0.1) is 0 Å². The molecule has 0 saturated heterocycles. The fraction of sp³-hybridized carbons (Fsp3) is 0.231. The van der Waals surface area contributed by atoms with Gasteiger partial charge in [-0.2, -0.15) is 0 Å². The van der Waals surface area contributed by atoms with E-state index in [0.29, 0.717) is 6.29 Å². The Labute approximate surface area is 98.6 Å². The molecule has 0 saturated carbocycles. The molecule has 1 aromatic rings. The number of carbonyl (C=O) groups is 4. The normalized spacial score (nSPS) is 9.82. The third-order valence-electron chi connectivity index (χ3n) is 2.45. The molecule has 1 rings (SSSR count). The zero-order valence-electron chi connectivity index (χ0n) is 9.87. The monoisotopic (exact) mass is 232 g/mol. The van der Waals surface area contributed by atoms with Crippen molar-refractivity contribution in [1.82, 2.24) is 0 Å². The van der Waals surface area contributed by atoms with E-state index >= 15 is 0 Å². The summed E-state index contributed by atoms with van der Waals surface area (Å²) in [6, 6.07) is 2.78. The predicted molar refractivity (Wildman–Crippen MR) is 61.8 cm³/mol. The molecule has 4 heteroatoms. The molecule has 0 bridgehead atoms. The molecule has 0 radical (unpaired) electrons. The van der Waals surface area contributed by atoms with Gasteiger partial charge in [0.1, 0.15) is 0 Å². The molecule has 0 aliphatic carbocycles. The third-order valence-corrected chi connectivity index (χ3v) is 2.45. The summed E-state index contributed by atoms with van der Waals surface area (Å²) >= 11 is 0. The highest BCUT2D eigenvalue weighted by Crippen LogP contribution is 2.20. The van der Waals surface area contributed by atoms with Crippen LogP contribution in [0.25, 0.3) is 0 Å². The summed E-state index contributed by atoms with van der Waals surface area (Å²) in [5.41, 5.74) is 0.371. The SMILES string of the molecule is CC(=O)c1ccc(C=O)c(C(C)=O)c1C(C)=O. The first-order valence-electron chi connectivity index (χ1n) is 5.05. The molecule has 0 aromatic heterocycles. The van der Waals surface area contributed by atoms with Crippen LogP contribution in [0.3, 0.4) is 0 Å². The van der Waals surface area contributed by atoms with Crippen LogP contribution in [0.5, 0.6) is 0 Å². The first kappa shape index (κ1) is 13.0. The van der Waals surface area contributed by atoms with Crippen LogP contribution in [-0.2, 0) is 0 Å². The number of hydrogen-bond donors (Lipinski definition) is 0. The lowest BCUT2D eigenvalue weighted by Crippen LogP contribution is -2.13. The number of Topliss-reactive ketones (excluding diaryl/α,β-unsaturated/α-hetero) is 3. The van der Waals surface area contributed by atoms with Crippen LogP contribution in [0.2, 0.25) is 0 Å². The summed E-state index contributed by atoms with van der Waals surface area (Å²) in [4.78, 5) is 45.3. The van der Waals surface area contributed by atoms with Crippen molar-refractivity contribution in [3.63, 3.8) is 0 Å². The average molecular weight is 232 g/mol. The van der Waals surface area contributed by atoms with Gasteiger partial charge in [-0.05, 0) is 26.8 Å². The van der Waals surface area contributed by atoms with Crippen molar-refractivity contribution in [1.29, 1.82) is 0 Å². The first-order valence-corrected chi connectivity index (χ1v) is 5.05. The van der Waals surface area contributed by atoms with Gasteiger partial charge in [0.2, 0.25) is 0 Å². The third kappa shape index (κ3) is 2.36. The lowest BCUT2D eigenvalue weighted by Gasteiger charge is -2.10. The van der Waals surface area contributed by atoms with Crippen molar-refractivity contribution in [3.8, 4) is 0 Å². The zero-order valence-corrected chi connectivity index (χ0v) is 9.87. The maximum absolute atomic E-state index is 11.5. The van der Waals surface area contributed by atoms with Gasteiger partial charge < -0.3 is 0 Å². The number of hydrogen-bond acceptors (Lipinski definition) is 4. The van der Waals surface area contributed by atoms with Crippen LogP contribution >= 0.6 is 0 Å². The molecule has 0 spiro atoms. The summed E-state index contributed by atoms with van der Waals surface area (Å²) < 4.78 is 0. The second kappa shape index (κ2) is 4.82. The minimum atomic E-state index is -0.402. The standard InChI is InChI=1S/C13H12O4/c1-7(15)11-5-4-10(6-14)12(8(2)16)13(11)9(3)17/h4-6H,1-3H3. The zero-order chi connectivity index (χ0) is 13.2. The molecule has 0 aliphatic rings. The summed E-state index contributed by atoms with van der Waals surface area (Å²) in [5.74, 6) is -1.11. The highest BCUT2D eigenvalue weighted by molar-refractivity contribution is 6.16. The minimum Gasteiger partial charge on any atom is -0.298 e. The lowest BCUT2D eigenvalue weighted by atomic mass is 9.90. The fourth-order valence-corrected chi connectivity index (χ4v) is 1.76. The van der Waals surface area contributed by atoms with E-state index in [-0.39, 0.29) is 28.0 Å². The minimum absolute atomic E-state index is 0.0280. The van der Waals surface area contributed by atoms with Crippen molar-refractivity contribution in [2.45, 2.75) is 20.8 Å². The van der Waals surface area contributed by atoms with E-state index in [4.69, 9.17) is 0 Å². The molecular weight excluding hydrogens is 220 g/mol. The Morgan fingerprint density at radius 2 is 1.41 bits per heavy atom. The van der Waals surface area contributed by atoms with Gasteiger partial charge in [-0.25, -0.2) is 0 Å². The largest absolute Gasteiger partial charge is 0.298 e. The van der Waals surface area contributed by atoms with Crippen molar-refractivity contribution < 1.29 is 19.2 Å². The summed E-state index contributed by atoms with van der Waals surface area (Å²) in [5, 5.41) is 0. The van der Waals surface area contributed by atoms with Crippen LogP contribution in [0.4, 0.5) is 0 Å². The lowest BCUT2D eigenvalue weighted by molar-refractivity contribution is 0.0965. The van der Waals surface area contributed by atoms with Crippen LogP contribution in [0, 0.1) is 0 Å². The Morgan fingerprint density at radius 1 is 0.882 bits per heavy atom. The van der Waals surface area contributed by atoms with E-state index in [9.17, 15) is 19.2 Å². The van der Waals surface area contributed by atoms with Crippen molar-refractivity contribution in [3.05, 3.63) is 34.4 Å². The van der Waals surface area contributed by atoms with E-state index in [0.717, 1.165) is 0 Å². The van der Waals surface area contributed by atoms with Crippen molar-refractivity contribution >= 4 is 23.6 Å². The van der Waals surface area contributed by atoms with Crippen LogP contribution in [0.15, 0.2) is 12.1 Å². The van der Waals surface area contributed by atoms with Crippen LogP contribution in [-0.4, -0.2) is 23.6 Å². The van der Waals surface area contributed by atoms with E-state index in [1.165, 1.54) is 32.9 Å². The highest BCUT2D eigenvalue weighted by atomic mass is 16.1. The number of ketones is 3. The Hall–Kier alpha value is -2.10. The molecule has 88 valence electrons. The number of benzene rings is 1. The van der Waals surface area contributed by atoms with Gasteiger partial charge in [-0.15, -0.1) is 0 Å². The predicted octanol–water partition coefficient (Wildman–Crippen LogP) is 2.11. The quantitative estimate of drug-likeness (QED) is 0.589. The number of carbonyl (C=O) groups excluding carboxylic acids is 4. The first-order chi connectivity index (χ1) is 7.90.